The summed E-state index contributed by atoms with van der Waals surface area (Å²) < 4.78 is 67.7. The van der Waals surface area contributed by atoms with Gasteiger partial charge in [-0.1, -0.05) is 26.0 Å². The van der Waals surface area contributed by atoms with Crippen LogP contribution in [0.2, 0.25) is 0 Å². The summed E-state index contributed by atoms with van der Waals surface area (Å²) in [4.78, 5) is 28.5. The van der Waals surface area contributed by atoms with E-state index in [1.54, 1.807) is 0 Å². The number of hydrogen-bond donors (Lipinski definition) is 1. The molecular weight excluding hydrogens is 547 g/mol. The number of hydrogen-bond acceptors (Lipinski definition) is 5. The predicted octanol–water partition coefficient (Wildman–Crippen LogP) is 3.31. The maximum atomic E-state index is 13.6. The van der Waals surface area contributed by atoms with Crippen LogP contribution in [-0.4, -0.2) is 72.5 Å². The third kappa shape index (κ3) is 6.61. The fraction of sp³-hybridized carbons (Fsp3) is 0.667. The van der Waals surface area contributed by atoms with Crippen molar-refractivity contribution < 1.29 is 31.2 Å². The second kappa shape index (κ2) is 12.0. The van der Waals surface area contributed by atoms with Crippen LogP contribution in [0.3, 0.4) is 0 Å². The van der Waals surface area contributed by atoms with Crippen molar-refractivity contribution in [2.24, 2.45) is 17.8 Å². The van der Waals surface area contributed by atoms with E-state index in [0.29, 0.717) is 50.8 Å². The van der Waals surface area contributed by atoms with Crippen LogP contribution in [0.4, 0.5) is 13.2 Å². The number of nitriles is 1. The number of carbonyl (C=O) groups is 2. The number of rotatable bonds is 8. The molecule has 1 aromatic carbocycles. The molecule has 3 fully saturated rings. The van der Waals surface area contributed by atoms with Crippen molar-refractivity contribution in [3.8, 4) is 6.07 Å². The zero-order valence-electron chi connectivity index (χ0n) is 22.7. The summed E-state index contributed by atoms with van der Waals surface area (Å²) in [7, 11) is -3.76. The Hall–Kier alpha value is -2.69. The predicted molar refractivity (Wildman–Crippen MR) is 140 cm³/mol. The van der Waals surface area contributed by atoms with E-state index in [2.05, 4.69) is 11.4 Å². The van der Waals surface area contributed by atoms with Gasteiger partial charge in [-0.25, -0.2) is 0 Å². The number of carbonyl (C=O) groups excluding carboxylic acids is 2. The molecule has 3 aliphatic heterocycles. The van der Waals surface area contributed by atoms with Gasteiger partial charge in [-0.2, -0.15) is 35.5 Å². The molecule has 9 nitrogen and oxygen atoms in total. The van der Waals surface area contributed by atoms with Gasteiger partial charge in [0.15, 0.2) is 0 Å². The number of amides is 2. The van der Waals surface area contributed by atoms with E-state index >= 15 is 0 Å². The SMILES string of the molecule is CC(C)CC(NC(=O)[C@H]1CCCN1C(=O)[C@H]1CCCN(S(=O)(=O)N2CC(C#N)C2)C1)c1ccc(C(F)(F)F)cc1. The Bertz CT molecular complexity index is 1230. The van der Waals surface area contributed by atoms with Crippen LogP contribution >= 0.6 is 0 Å². The molecule has 3 atom stereocenters. The highest BCUT2D eigenvalue weighted by molar-refractivity contribution is 7.86. The smallest absolute Gasteiger partial charge is 0.347 e. The molecule has 0 aromatic heterocycles. The van der Waals surface area contributed by atoms with Gasteiger partial charge in [0, 0.05) is 32.7 Å². The Balaban J connectivity index is 1.43. The third-order valence-electron chi connectivity index (χ3n) is 7.92. The summed E-state index contributed by atoms with van der Waals surface area (Å²) >= 11 is 0. The molecule has 0 aliphatic carbocycles. The lowest BCUT2D eigenvalue weighted by atomic mass is 9.95. The van der Waals surface area contributed by atoms with Crippen LogP contribution in [0.1, 0.15) is 63.1 Å². The molecule has 3 heterocycles. The van der Waals surface area contributed by atoms with Crippen molar-refractivity contribution >= 4 is 22.0 Å². The van der Waals surface area contributed by atoms with Gasteiger partial charge in [-0.05, 0) is 55.7 Å². The normalized spacial score (nSPS) is 24.0. The zero-order valence-corrected chi connectivity index (χ0v) is 23.5. The number of alkyl halides is 3. The first-order valence-electron chi connectivity index (χ1n) is 13.7. The topological polar surface area (TPSA) is 114 Å². The lowest BCUT2D eigenvalue weighted by Gasteiger charge is -2.41. The minimum atomic E-state index is -4.46. The standard InChI is InChI=1S/C27H36F3N5O4S/c1-18(2)13-23(20-7-9-22(10-8-20)27(28,29)30)32-25(36)24-6-4-12-35(24)26(37)21-5-3-11-33(17-21)40(38,39)34-15-19(14-31)16-34/h7-10,18-19,21,23-24H,3-6,11-13,15-17H2,1-2H3,(H,32,36)/t21-,23?,24+/m0/s1. The Morgan fingerprint density at radius 1 is 1.05 bits per heavy atom. The van der Waals surface area contributed by atoms with E-state index in [1.807, 2.05) is 13.8 Å². The van der Waals surface area contributed by atoms with E-state index in [1.165, 1.54) is 25.6 Å². The average Bonchev–Trinajstić information content (AvgIpc) is 3.37. The molecular formula is C27H36F3N5O4S. The maximum Gasteiger partial charge on any atom is 0.416 e. The van der Waals surface area contributed by atoms with Gasteiger partial charge < -0.3 is 10.2 Å². The second-order valence-corrected chi connectivity index (χ2v) is 13.3. The van der Waals surface area contributed by atoms with E-state index < -0.39 is 40.0 Å². The molecule has 0 spiro atoms. The lowest BCUT2D eigenvalue weighted by Crippen LogP contribution is -2.57. The Kier molecular flexibility index (Phi) is 9.11. The highest BCUT2D eigenvalue weighted by atomic mass is 32.2. The van der Waals surface area contributed by atoms with Gasteiger partial charge in [-0.3, -0.25) is 9.59 Å². The van der Waals surface area contributed by atoms with E-state index in [4.69, 9.17) is 5.26 Å². The first-order chi connectivity index (χ1) is 18.8. The Morgan fingerprint density at radius 2 is 1.70 bits per heavy atom. The molecule has 4 rings (SSSR count). The fourth-order valence-electron chi connectivity index (χ4n) is 5.68. The number of nitrogens with zero attached hydrogens (tertiary/aromatic N) is 4. The number of halogens is 3. The summed E-state index contributed by atoms with van der Waals surface area (Å²) in [6.45, 7) is 4.92. The summed E-state index contributed by atoms with van der Waals surface area (Å²) in [5.41, 5.74) is -0.204. The van der Waals surface area contributed by atoms with Gasteiger partial charge in [-0.15, -0.1) is 0 Å². The van der Waals surface area contributed by atoms with E-state index in [-0.39, 0.29) is 43.3 Å². The van der Waals surface area contributed by atoms with Crippen LogP contribution < -0.4 is 5.32 Å². The highest BCUT2D eigenvalue weighted by Gasteiger charge is 2.44. The molecule has 3 saturated heterocycles. The summed E-state index contributed by atoms with van der Waals surface area (Å²) in [5.74, 6) is -1.36. The van der Waals surface area contributed by atoms with E-state index in [0.717, 1.165) is 12.1 Å². The fourth-order valence-corrected chi connectivity index (χ4v) is 7.48. The molecule has 1 N–H and O–H groups in total. The molecule has 13 heteroatoms. The van der Waals surface area contributed by atoms with Crippen molar-refractivity contribution in [1.29, 1.82) is 5.26 Å². The molecule has 1 unspecified atom stereocenters. The van der Waals surface area contributed by atoms with Crippen LogP contribution in [0.25, 0.3) is 0 Å². The van der Waals surface area contributed by atoms with Gasteiger partial charge in [0.1, 0.15) is 6.04 Å². The Labute approximate surface area is 233 Å². The number of likely N-dealkylation sites (tertiary alicyclic amines) is 1. The van der Waals surface area contributed by atoms with Crippen LogP contribution in [0, 0.1) is 29.1 Å². The lowest BCUT2D eigenvalue weighted by molar-refractivity contribution is -0.142. The molecule has 2 amide bonds. The summed E-state index contributed by atoms with van der Waals surface area (Å²) in [6, 6.07) is 5.58. The van der Waals surface area contributed by atoms with Crippen molar-refractivity contribution in [1.82, 2.24) is 18.8 Å². The molecule has 0 bridgehead atoms. The minimum absolute atomic E-state index is 0.0290. The summed E-state index contributed by atoms with van der Waals surface area (Å²) in [5, 5.41) is 12.0. The molecule has 1 aromatic rings. The molecule has 220 valence electrons. The van der Waals surface area contributed by atoms with Gasteiger partial charge >= 0.3 is 6.18 Å². The second-order valence-electron chi connectivity index (χ2n) is 11.3. The monoisotopic (exact) mass is 583 g/mol. The molecule has 40 heavy (non-hydrogen) atoms. The quantitative estimate of drug-likeness (QED) is 0.505. The van der Waals surface area contributed by atoms with Crippen LogP contribution in [-0.2, 0) is 26.0 Å². The molecule has 0 saturated carbocycles. The zero-order chi connectivity index (χ0) is 29.2. The van der Waals surface area contributed by atoms with Gasteiger partial charge in [0.2, 0.25) is 11.8 Å². The molecule has 3 aliphatic rings. The number of piperidine rings is 1. The molecule has 0 radical (unpaired) electrons. The highest BCUT2D eigenvalue weighted by Crippen LogP contribution is 2.32. The van der Waals surface area contributed by atoms with E-state index in [9.17, 15) is 31.2 Å². The Morgan fingerprint density at radius 3 is 2.30 bits per heavy atom. The third-order valence-corrected chi connectivity index (χ3v) is 9.85. The first kappa shape index (κ1) is 30.3. The van der Waals surface area contributed by atoms with Crippen molar-refractivity contribution in [3.63, 3.8) is 0 Å². The van der Waals surface area contributed by atoms with Crippen molar-refractivity contribution in [3.05, 3.63) is 35.4 Å². The van der Waals surface area contributed by atoms with Crippen LogP contribution in [0.15, 0.2) is 24.3 Å². The average molecular weight is 584 g/mol. The van der Waals surface area contributed by atoms with Gasteiger partial charge in [0.05, 0.1) is 29.5 Å². The van der Waals surface area contributed by atoms with Gasteiger partial charge in [0.25, 0.3) is 10.2 Å². The minimum Gasteiger partial charge on any atom is -0.347 e. The summed E-state index contributed by atoms with van der Waals surface area (Å²) in [6.07, 6.45) is -1.84. The van der Waals surface area contributed by atoms with Crippen LogP contribution in [0.5, 0.6) is 0 Å². The largest absolute Gasteiger partial charge is 0.416 e. The maximum absolute atomic E-state index is 13.6. The van der Waals surface area contributed by atoms with Crippen molar-refractivity contribution in [2.75, 3.05) is 32.7 Å². The van der Waals surface area contributed by atoms with Crippen molar-refractivity contribution in [2.45, 2.75) is 64.2 Å². The number of benzene rings is 1. The first-order valence-corrected chi connectivity index (χ1v) is 15.1. The number of nitrogens with one attached hydrogen (secondary N) is 1.